The Morgan fingerprint density at radius 2 is 2.10 bits per heavy atom. The highest BCUT2D eigenvalue weighted by molar-refractivity contribution is 6.30. The molecule has 1 aliphatic rings. The van der Waals surface area contributed by atoms with Gasteiger partial charge in [-0.3, -0.25) is 9.48 Å². The molecule has 0 bridgehead atoms. The van der Waals surface area contributed by atoms with E-state index in [1.54, 1.807) is 11.7 Å². The topological polar surface area (TPSA) is 44.1 Å². The predicted molar refractivity (Wildman–Crippen MR) is 83.7 cm³/mol. The molecule has 118 valence electrons. The summed E-state index contributed by atoms with van der Waals surface area (Å²) in [5.74, 6) is 0.503. The number of aryl methyl sites for hydroxylation is 2. The van der Waals surface area contributed by atoms with E-state index in [4.69, 9.17) is 16.3 Å². The van der Waals surface area contributed by atoms with E-state index in [1.807, 2.05) is 13.8 Å². The average molecular weight is 313 g/mol. The smallest absolute Gasteiger partial charge is 0.166 e. The van der Waals surface area contributed by atoms with Crippen molar-refractivity contribution in [3.05, 3.63) is 16.4 Å². The van der Waals surface area contributed by atoms with Crippen molar-refractivity contribution >= 4 is 17.4 Å². The molecule has 1 heterocycles. The molecule has 21 heavy (non-hydrogen) atoms. The summed E-state index contributed by atoms with van der Waals surface area (Å²) in [5.41, 5.74) is 1.67. The SMILES string of the molecule is CCOC(C(=O)Cc1c(C)nn(C)c1Cl)C1CCCCC1. The number of ketones is 1. The number of nitrogens with zero attached hydrogens (tertiary/aromatic N) is 2. The summed E-state index contributed by atoms with van der Waals surface area (Å²) in [6.07, 6.45) is 5.90. The molecular formula is C16H25ClN2O2. The lowest BCUT2D eigenvalue weighted by molar-refractivity contribution is -0.134. The average Bonchev–Trinajstić information content (AvgIpc) is 2.72. The van der Waals surface area contributed by atoms with Gasteiger partial charge in [-0.25, -0.2) is 0 Å². The van der Waals surface area contributed by atoms with Crippen LogP contribution < -0.4 is 0 Å². The molecule has 0 amide bonds. The van der Waals surface area contributed by atoms with Gasteiger partial charge in [0.2, 0.25) is 0 Å². The van der Waals surface area contributed by atoms with Gasteiger partial charge in [-0.15, -0.1) is 0 Å². The minimum absolute atomic E-state index is 0.141. The highest BCUT2D eigenvalue weighted by atomic mass is 35.5. The summed E-state index contributed by atoms with van der Waals surface area (Å²) >= 11 is 6.23. The Labute approximate surface area is 131 Å². The van der Waals surface area contributed by atoms with Crippen molar-refractivity contribution in [2.45, 2.75) is 58.5 Å². The zero-order valence-electron chi connectivity index (χ0n) is 13.2. The van der Waals surface area contributed by atoms with E-state index in [0.29, 0.717) is 24.1 Å². The highest BCUT2D eigenvalue weighted by Crippen LogP contribution is 2.30. The number of carbonyl (C=O) groups excluding carboxylic acids is 1. The minimum Gasteiger partial charge on any atom is -0.370 e. The van der Waals surface area contributed by atoms with Gasteiger partial charge >= 0.3 is 0 Å². The van der Waals surface area contributed by atoms with Gasteiger partial charge in [0, 0.05) is 25.6 Å². The first-order valence-electron chi connectivity index (χ1n) is 7.86. The Balaban J connectivity index is 2.10. The van der Waals surface area contributed by atoms with Gasteiger partial charge in [-0.05, 0) is 32.6 Å². The summed E-state index contributed by atoms with van der Waals surface area (Å²) in [5, 5.41) is 4.83. The Kier molecular flexibility index (Phi) is 5.82. The summed E-state index contributed by atoms with van der Waals surface area (Å²) in [7, 11) is 1.80. The fourth-order valence-corrected chi connectivity index (χ4v) is 3.50. The maximum absolute atomic E-state index is 12.7. The van der Waals surface area contributed by atoms with Gasteiger partial charge in [0.05, 0.1) is 5.69 Å². The van der Waals surface area contributed by atoms with Gasteiger partial charge in [-0.2, -0.15) is 5.10 Å². The van der Waals surface area contributed by atoms with E-state index >= 15 is 0 Å². The van der Waals surface area contributed by atoms with Crippen LogP contribution in [0.3, 0.4) is 0 Å². The van der Waals surface area contributed by atoms with E-state index in [1.165, 1.54) is 19.3 Å². The van der Waals surface area contributed by atoms with Gasteiger partial charge in [-0.1, -0.05) is 30.9 Å². The molecule has 1 aromatic rings. The summed E-state index contributed by atoms with van der Waals surface area (Å²) < 4.78 is 7.40. The number of hydrogen-bond donors (Lipinski definition) is 0. The maximum Gasteiger partial charge on any atom is 0.166 e. The standard InChI is InChI=1S/C16H25ClN2O2/c1-4-21-15(12-8-6-5-7-9-12)14(20)10-13-11(2)18-19(3)16(13)17/h12,15H,4-10H2,1-3H3. The molecule has 1 unspecified atom stereocenters. The van der Waals surface area contributed by atoms with Crippen molar-refractivity contribution in [2.24, 2.45) is 13.0 Å². The zero-order chi connectivity index (χ0) is 15.4. The molecule has 0 N–H and O–H groups in total. The first kappa shape index (κ1) is 16.5. The molecule has 1 aliphatic carbocycles. The van der Waals surface area contributed by atoms with Gasteiger partial charge in [0.15, 0.2) is 5.78 Å². The van der Waals surface area contributed by atoms with E-state index in [2.05, 4.69) is 5.10 Å². The fourth-order valence-electron chi connectivity index (χ4n) is 3.26. The molecule has 5 heteroatoms. The highest BCUT2D eigenvalue weighted by Gasteiger charge is 2.31. The van der Waals surface area contributed by atoms with Crippen LogP contribution in [0.5, 0.6) is 0 Å². The molecular weight excluding hydrogens is 288 g/mol. The molecule has 0 saturated heterocycles. The van der Waals surface area contributed by atoms with Gasteiger partial charge in [0.25, 0.3) is 0 Å². The van der Waals surface area contributed by atoms with E-state index in [9.17, 15) is 4.79 Å². The Hall–Kier alpha value is -0.870. The second kappa shape index (κ2) is 7.41. The maximum atomic E-state index is 12.7. The van der Waals surface area contributed by atoms with E-state index < -0.39 is 0 Å². The number of carbonyl (C=O) groups is 1. The third-order valence-electron chi connectivity index (χ3n) is 4.36. The summed E-state index contributed by atoms with van der Waals surface area (Å²) in [6.45, 7) is 4.42. The van der Waals surface area contributed by atoms with Crippen LogP contribution in [-0.2, 0) is 23.0 Å². The first-order valence-corrected chi connectivity index (χ1v) is 8.24. The summed E-state index contributed by atoms with van der Waals surface area (Å²) in [4.78, 5) is 12.7. The third-order valence-corrected chi connectivity index (χ3v) is 4.84. The van der Waals surface area contributed by atoms with Crippen molar-refractivity contribution in [3.8, 4) is 0 Å². The largest absolute Gasteiger partial charge is 0.370 e. The lowest BCUT2D eigenvalue weighted by atomic mass is 9.82. The van der Waals surface area contributed by atoms with Gasteiger partial charge < -0.3 is 4.74 Å². The van der Waals surface area contributed by atoms with Crippen molar-refractivity contribution in [3.63, 3.8) is 0 Å². The number of aromatic nitrogens is 2. The normalized spacial score (nSPS) is 17.9. The molecule has 1 aromatic heterocycles. The Bertz CT molecular complexity index is 493. The van der Waals surface area contributed by atoms with Crippen LogP contribution in [0.4, 0.5) is 0 Å². The Morgan fingerprint density at radius 3 is 2.62 bits per heavy atom. The zero-order valence-corrected chi connectivity index (χ0v) is 13.9. The predicted octanol–water partition coefficient (Wildman–Crippen LogP) is 3.48. The monoisotopic (exact) mass is 312 g/mol. The van der Waals surface area contributed by atoms with Crippen LogP contribution in [0, 0.1) is 12.8 Å². The molecule has 1 fully saturated rings. The molecule has 0 radical (unpaired) electrons. The lowest BCUT2D eigenvalue weighted by Crippen LogP contribution is -2.35. The Morgan fingerprint density at radius 1 is 1.43 bits per heavy atom. The number of halogens is 1. The molecule has 1 atom stereocenters. The lowest BCUT2D eigenvalue weighted by Gasteiger charge is -2.29. The second-order valence-electron chi connectivity index (χ2n) is 5.90. The molecule has 2 rings (SSSR count). The van der Waals surface area contributed by atoms with E-state index in [0.717, 1.165) is 24.1 Å². The van der Waals surface area contributed by atoms with Gasteiger partial charge in [0.1, 0.15) is 11.3 Å². The van der Waals surface area contributed by atoms with Crippen LogP contribution in [-0.4, -0.2) is 28.3 Å². The van der Waals surface area contributed by atoms with Crippen molar-refractivity contribution in [2.75, 3.05) is 6.61 Å². The van der Waals surface area contributed by atoms with Crippen LogP contribution in [0.2, 0.25) is 5.15 Å². The molecule has 0 aliphatic heterocycles. The quantitative estimate of drug-likeness (QED) is 0.807. The van der Waals surface area contributed by atoms with Crippen molar-refractivity contribution in [1.82, 2.24) is 9.78 Å². The van der Waals surface area contributed by atoms with Crippen LogP contribution in [0.1, 0.15) is 50.3 Å². The van der Waals surface area contributed by atoms with Crippen molar-refractivity contribution < 1.29 is 9.53 Å². The first-order chi connectivity index (χ1) is 10.0. The fraction of sp³-hybridized carbons (Fsp3) is 0.750. The minimum atomic E-state index is -0.286. The molecule has 0 spiro atoms. The van der Waals surface area contributed by atoms with E-state index in [-0.39, 0.29) is 11.9 Å². The molecule has 4 nitrogen and oxygen atoms in total. The van der Waals surface area contributed by atoms with Crippen LogP contribution in [0.15, 0.2) is 0 Å². The number of ether oxygens (including phenoxy) is 1. The second-order valence-corrected chi connectivity index (χ2v) is 6.25. The van der Waals surface area contributed by atoms with Crippen LogP contribution >= 0.6 is 11.6 Å². The molecule has 1 saturated carbocycles. The number of hydrogen-bond acceptors (Lipinski definition) is 3. The van der Waals surface area contributed by atoms with Crippen LogP contribution in [0.25, 0.3) is 0 Å². The molecule has 0 aromatic carbocycles. The number of rotatable bonds is 6. The number of Topliss-reactive ketones (excluding diaryl/α,β-unsaturated/α-hetero) is 1. The third kappa shape index (κ3) is 3.86. The summed E-state index contributed by atoms with van der Waals surface area (Å²) in [6, 6.07) is 0. The van der Waals surface area contributed by atoms with Crippen molar-refractivity contribution in [1.29, 1.82) is 0 Å².